The average Bonchev–Trinajstić information content (AvgIpc) is 2.45. The molecule has 4 N–H and O–H groups in total. The minimum Gasteiger partial charge on any atom is -0.391 e. The Hall–Kier alpha value is -1.05. The van der Waals surface area contributed by atoms with Crippen molar-refractivity contribution in [1.29, 1.82) is 0 Å². The van der Waals surface area contributed by atoms with Gasteiger partial charge in [0, 0.05) is 11.1 Å². The molecule has 0 fully saturated rings. The molecule has 0 radical (unpaired) electrons. The van der Waals surface area contributed by atoms with Crippen LogP contribution in [0.2, 0.25) is 0 Å². The van der Waals surface area contributed by atoms with Crippen LogP contribution >= 0.6 is 10.9 Å². The molecule has 1 heterocycles. The number of carbonyl (C=O) groups excluding carboxylic acids is 1. The summed E-state index contributed by atoms with van der Waals surface area (Å²) in [4.78, 5) is 14.7. The maximum absolute atomic E-state index is 10.4. The zero-order valence-corrected chi connectivity index (χ0v) is 7.57. The van der Waals surface area contributed by atoms with Crippen molar-refractivity contribution in [1.82, 2.24) is 0 Å². The Bertz CT molecular complexity index is 276. The molecule has 1 amide bonds. The lowest BCUT2D eigenvalue weighted by atomic mass is 10.6. The van der Waals surface area contributed by atoms with Crippen LogP contribution in [0.5, 0.6) is 0 Å². The predicted molar refractivity (Wildman–Crippen MR) is 49.3 cm³/mol. The highest BCUT2D eigenvalue weighted by atomic mass is 32.2. The van der Waals surface area contributed by atoms with Crippen molar-refractivity contribution in [2.45, 2.75) is 0 Å². The number of aliphatic imine (C=N–C) groups is 1. The van der Waals surface area contributed by atoms with Crippen LogP contribution in [0.15, 0.2) is 16.1 Å². The van der Waals surface area contributed by atoms with Gasteiger partial charge in [0.1, 0.15) is 0 Å². The zero-order chi connectivity index (χ0) is 9.84. The number of rotatable bonds is 2. The predicted octanol–water partition coefficient (Wildman–Crippen LogP) is -0.764. The van der Waals surface area contributed by atoms with Crippen molar-refractivity contribution in [2.75, 3.05) is 12.5 Å². The average molecular weight is 206 g/mol. The van der Waals surface area contributed by atoms with Crippen molar-refractivity contribution in [3.8, 4) is 0 Å². The van der Waals surface area contributed by atoms with Crippen molar-refractivity contribution in [3.05, 3.63) is 11.1 Å². The first kappa shape index (κ1) is 10.0. The number of hydrogen-bond acceptors (Lipinski definition) is 5. The van der Waals surface area contributed by atoms with Crippen molar-refractivity contribution in [3.63, 3.8) is 0 Å². The molecule has 7 heteroatoms. The van der Waals surface area contributed by atoms with Gasteiger partial charge >= 0.3 is 6.09 Å². The fraction of sp³-hybridized carbons (Fsp3) is 0.333. The molecule has 0 spiro atoms. The second kappa shape index (κ2) is 4.26. The lowest BCUT2D eigenvalue weighted by Crippen LogP contribution is -2.18. The number of hydrogen-bond donors (Lipinski definition) is 4. The Labute approximate surface area is 77.1 Å². The highest BCUT2D eigenvalue weighted by Gasteiger charge is 2.22. The summed E-state index contributed by atoms with van der Waals surface area (Å²) in [7, 11) is -1.21. The molecule has 0 bridgehead atoms. The summed E-state index contributed by atoms with van der Waals surface area (Å²) in [5.41, 5.74) is 4.78. The van der Waals surface area contributed by atoms with Crippen molar-refractivity contribution in [2.24, 2.45) is 10.7 Å². The first-order chi connectivity index (χ1) is 6.19. The number of ether oxygens (including phenoxy) is 1. The standard InChI is InChI=1S/C6H10N2O4S/c7-5(11)12-6-8-1-4(2-9)13(6)3-10/h1,9-10,13H,2-3H2,(H2,7,11). The van der Waals surface area contributed by atoms with E-state index in [9.17, 15) is 4.79 Å². The van der Waals surface area contributed by atoms with Gasteiger partial charge in [0.05, 0.1) is 12.5 Å². The van der Waals surface area contributed by atoms with E-state index in [0.717, 1.165) is 0 Å². The van der Waals surface area contributed by atoms with E-state index in [1.54, 1.807) is 0 Å². The monoisotopic (exact) mass is 206 g/mol. The van der Waals surface area contributed by atoms with Gasteiger partial charge < -0.3 is 20.7 Å². The third-order valence-corrected chi connectivity index (χ3v) is 3.30. The van der Waals surface area contributed by atoms with E-state index in [0.29, 0.717) is 4.91 Å². The third kappa shape index (κ3) is 2.20. The first-order valence-electron chi connectivity index (χ1n) is 3.42. The lowest BCUT2D eigenvalue weighted by molar-refractivity contribution is 0.209. The van der Waals surface area contributed by atoms with E-state index in [4.69, 9.17) is 15.9 Å². The van der Waals surface area contributed by atoms with Crippen LogP contribution in [0.3, 0.4) is 0 Å². The molecular formula is C6H10N2O4S. The summed E-state index contributed by atoms with van der Waals surface area (Å²) in [6, 6.07) is 0. The molecule has 0 aromatic carbocycles. The largest absolute Gasteiger partial charge is 0.411 e. The van der Waals surface area contributed by atoms with Crippen molar-refractivity contribution < 1.29 is 19.7 Å². The molecule has 1 rings (SSSR count). The van der Waals surface area contributed by atoms with E-state index in [1.807, 2.05) is 0 Å². The summed E-state index contributed by atoms with van der Waals surface area (Å²) >= 11 is 0. The molecule has 0 aromatic rings. The normalized spacial score (nSPS) is 23.7. The van der Waals surface area contributed by atoms with Gasteiger partial charge in [-0.25, -0.2) is 9.79 Å². The molecule has 13 heavy (non-hydrogen) atoms. The SMILES string of the molecule is NC(=O)OC1=NC=C(CO)[SH]1CO. The maximum Gasteiger partial charge on any atom is 0.411 e. The van der Waals surface area contributed by atoms with Gasteiger partial charge in [0.15, 0.2) is 0 Å². The number of amides is 1. The van der Waals surface area contributed by atoms with Gasteiger partial charge in [-0.1, -0.05) is 0 Å². The van der Waals surface area contributed by atoms with Crippen LogP contribution in [0.1, 0.15) is 0 Å². The smallest absolute Gasteiger partial charge is 0.391 e. The van der Waals surface area contributed by atoms with Gasteiger partial charge in [-0.2, -0.15) is 0 Å². The van der Waals surface area contributed by atoms with Crippen LogP contribution in [0.25, 0.3) is 0 Å². The molecule has 1 unspecified atom stereocenters. The minimum atomic E-state index is -1.21. The van der Waals surface area contributed by atoms with Crippen LogP contribution in [0.4, 0.5) is 4.79 Å². The number of primary amides is 1. The molecule has 6 nitrogen and oxygen atoms in total. The Morgan fingerprint density at radius 3 is 2.85 bits per heavy atom. The molecule has 74 valence electrons. The van der Waals surface area contributed by atoms with Crippen LogP contribution in [-0.4, -0.2) is 34.1 Å². The molecule has 1 aliphatic heterocycles. The Morgan fingerprint density at radius 2 is 2.38 bits per heavy atom. The maximum atomic E-state index is 10.4. The number of carbonyl (C=O) groups is 1. The topological polar surface area (TPSA) is 105 Å². The molecule has 1 atom stereocenters. The second-order valence-electron chi connectivity index (χ2n) is 2.18. The van der Waals surface area contributed by atoms with E-state index >= 15 is 0 Å². The van der Waals surface area contributed by atoms with E-state index in [2.05, 4.69) is 9.73 Å². The Balaban J connectivity index is 2.66. The van der Waals surface area contributed by atoms with E-state index in [1.165, 1.54) is 6.20 Å². The van der Waals surface area contributed by atoms with Crippen molar-refractivity contribution >= 4 is 22.2 Å². The summed E-state index contributed by atoms with van der Waals surface area (Å²) < 4.78 is 4.54. The number of nitrogens with zero attached hydrogens (tertiary/aromatic N) is 1. The number of nitrogens with two attached hydrogens (primary N) is 1. The number of thiol groups is 1. The van der Waals surface area contributed by atoms with Gasteiger partial charge in [-0.15, -0.1) is 10.9 Å². The van der Waals surface area contributed by atoms with Crippen LogP contribution in [-0.2, 0) is 4.74 Å². The van der Waals surface area contributed by atoms with Crippen LogP contribution < -0.4 is 5.73 Å². The first-order valence-corrected chi connectivity index (χ1v) is 4.95. The van der Waals surface area contributed by atoms with Crippen LogP contribution in [0, 0.1) is 0 Å². The summed E-state index contributed by atoms with van der Waals surface area (Å²) in [6.45, 7) is -0.207. The van der Waals surface area contributed by atoms with E-state index < -0.39 is 17.0 Å². The quantitative estimate of drug-likeness (QED) is 0.445. The van der Waals surface area contributed by atoms with Gasteiger partial charge in [0.2, 0.25) is 5.23 Å². The number of aliphatic hydroxyl groups excluding tert-OH is 2. The second-order valence-corrected chi connectivity index (χ2v) is 4.28. The fourth-order valence-corrected chi connectivity index (χ4v) is 2.15. The van der Waals surface area contributed by atoms with Gasteiger partial charge in [-0.05, 0) is 0 Å². The Kier molecular flexibility index (Phi) is 3.29. The molecule has 0 saturated carbocycles. The summed E-state index contributed by atoms with van der Waals surface area (Å²) in [5, 5.41) is 17.8. The molecule has 1 aliphatic rings. The highest BCUT2D eigenvalue weighted by Crippen LogP contribution is 2.40. The molecule has 0 aromatic heterocycles. The van der Waals surface area contributed by atoms with Gasteiger partial charge in [-0.3, -0.25) is 0 Å². The molecule has 0 aliphatic carbocycles. The minimum absolute atomic E-state index is 0.0917. The lowest BCUT2D eigenvalue weighted by Gasteiger charge is -2.15. The molecular weight excluding hydrogens is 196 g/mol. The fourth-order valence-electron chi connectivity index (χ4n) is 0.841. The summed E-state index contributed by atoms with van der Waals surface area (Å²) in [5.74, 6) is -0.214. The zero-order valence-electron chi connectivity index (χ0n) is 6.67. The van der Waals surface area contributed by atoms with Gasteiger partial charge in [0.25, 0.3) is 0 Å². The molecule has 0 saturated heterocycles. The highest BCUT2D eigenvalue weighted by molar-refractivity contribution is 8.32. The Morgan fingerprint density at radius 1 is 1.69 bits per heavy atom. The van der Waals surface area contributed by atoms with E-state index in [-0.39, 0.29) is 17.8 Å². The summed E-state index contributed by atoms with van der Waals surface area (Å²) in [6.07, 6.45) is 0.410. The third-order valence-electron chi connectivity index (χ3n) is 1.40. The number of aliphatic hydroxyl groups is 2.